The number of hydrogen-bond donors (Lipinski definition) is 3. The first-order chi connectivity index (χ1) is 7.61. The smallest absolute Gasteiger partial charge is 0.257 e. The fourth-order valence-electron chi connectivity index (χ4n) is 1.95. The summed E-state index contributed by atoms with van der Waals surface area (Å²) in [5.74, 6) is 0.895. The molecule has 0 unspecified atom stereocenters. The van der Waals surface area contributed by atoms with Crippen molar-refractivity contribution in [3.8, 4) is 0 Å². The molecule has 0 spiro atoms. The summed E-state index contributed by atoms with van der Waals surface area (Å²) in [5.41, 5.74) is 6.16. The molecule has 0 aliphatic heterocycles. The Bertz CT molecular complexity index is 398. The third kappa shape index (κ3) is 1.97. The average Bonchev–Trinajstić information content (AvgIpc) is 2.57. The number of nitrogens with zero attached hydrogens (tertiary/aromatic N) is 1. The second-order valence-electron chi connectivity index (χ2n) is 4.27. The van der Waals surface area contributed by atoms with E-state index in [9.17, 15) is 4.79 Å². The van der Waals surface area contributed by atoms with Crippen molar-refractivity contribution in [2.75, 3.05) is 18.1 Å². The maximum Gasteiger partial charge on any atom is 0.257 e. The van der Waals surface area contributed by atoms with Crippen LogP contribution in [0, 0.1) is 5.92 Å². The molecule has 88 valence electrons. The van der Waals surface area contributed by atoms with Crippen molar-refractivity contribution in [2.45, 2.75) is 25.8 Å². The van der Waals surface area contributed by atoms with Crippen LogP contribution in [0.25, 0.3) is 0 Å². The van der Waals surface area contributed by atoms with E-state index in [0.29, 0.717) is 17.4 Å². The summed E-state index contributed by atoms with van der Waals surface area (Å²) >= 11 is 1.25. The third-order valence-corrected chi connectivity index (χ3v) is 3.67. The highest BCUT2D eigenvalue weighted by Crippen LogP contribution is 2.33. The number of nitrogens with one attached hydrogen (secondary N) is 2. The van der Waals surface area contributed by atoms with Gasteiger partial charge in [0.2, 0.25) is 0 Å². The lowest BCUT2D eigenvalue weighted by Crippen LogP contribution is -2.34. The lowest BCUT2D eigenvalue weighted by Gasteiger charge is -2.33. The van der Waals surface area contributed by atoms with Crippen LogP contribution >= 0.6 is 11.5 Å². The lowest BCUT2D eigenvalue weighted by atomic mass is 9.82. The van der Waals surface area contributed by atoms with Crippen LogP contribution in [0.5, 0.6) is 0 Å². The van der Waals surface area contributed by atoms with Gasteiger partial charge in [0, 0.05) is 13.1 Å². The minimum atomic E-state index is -0.180. The molecule has 1 aromatic rings. The molecule has 1 aliphatic rings. The van der Waals surface area contributed by atoms with Crippen LogP contribution < -0.4 is 16.4 Å². The molecule has 4 N–H and O–H groups in total. The summed E-state index contributed by atoms with van der Waals surface area (Å²) < 4.78 is 4.01. The van der Waals surface area contributed by atoms with E-state index in [2.05, 4.69) is 21.9 Å². The molecular formula is C10H16N4OS. The average molecular weight is 240 g/mol. The van der Waals surface area contributed by atoms with Crippen molar-refractivity contribution in [3.05, 3.63) is 5.56 Å². The Kier molecular flexibility index (Phi) is 3.00. The van der Waals surface area contributed by atoms with Gasteiger partial charge in [-0.1, -0.05) is 6.92 Å². The van der Waals surface area contributed by atoms with Gasteiger partial charge in [-0.15, -0.1) is 0 Å². The number of carbonyl (C=O) groups is 1. The van der Waals surface area contributed by atoms with Gasteiger partial charge < -0.3 is 16.4 Å². The molecule has 1 fully saturated rings. The molecule has 5 nitrogen and oxygen atoms in total. The molecule has 0 atom stereocenters. The van der Waals surface area contributed by atoms with Crippen LogP contribution in [-0.2, 0) is 0 Å². The summed E-state index contributed by atoms with van der Waals surface area (Å²) in [5, 5.41) is 6.69. The predicted octanol–water partition coefficient (Wildman–Crippen LogP) is 1.30. The Morgan fingerprint density at radius 2 is 2.25 bits per heavy atom. The standard InChI is InChI=1S/C10H16N4OS/c1-5-3-6(4-5)13-10-7(9(15)12-2)8(11)14-16-10/h5-6,13H,3-4H2,1-2H3,(H2,11,14)(H,12,15). The first-order valence-electron chi connectivity index (χ1n) is 5.35. The van der Waals surface area contributed by atoms with Gasteiger partial charge in [0.25, 0.3) is 5.91 Å². The summed E-state index contributed by atoms with van der Waals surface area (Å²) in [6, 6.07) is 0.457. The molecule has 1 saturated carbocycles. The first kappa shape index (κ1) is 11.2. The molecule has 2 rings (SSSR count). The second kappa shape index (κ2) is 4.29. The number of rotatable bonds is 3. The lowest BCUT2D eigenvalue weighted by molar-refractivity contribution is 0.0965. The predicted molar refractivity (Wildman–Crippen MR) is 65.7 cm³/mol. The number of anilines is 2. The fourth-order valence-corrected chi connectivity index (χ4v) is 2.74. The highest BCUT2D eigenvalue weighted by molar-refractivity contribution is 7.11. The van der Waals surface area contributed by atoms with Gasteiger partial charge >= 0.3 is 0 Å². The molecule has 16 heavy (non-hydrogen) atoms. The van der Waals surface area contributed by atoms with Gasteiger partial charge in [-0.2, -0.15) is 4.37 Å². The number of amides is 1. The summed E-state index contributed by atoms with van der Waals surface area (Å²) in [6.07, 6.45) is 2.29. The molecule has 0 saturated heterocycles. The maximum atomic E-state index is 11.6. The molecule has 0 radical (unpaired) electrons. The van der Waals surface area contributed by atoms with E-state index in [1.54, 1.807) is 7.05 Å². The maximum absolute atomic E-state index is 11.6. The number of hydrogen-bond acceptors (Lipinski definition) is 5. The number of aromatic nitrogens is 1. The van der Waals surface area contributed by atoms with E-state index in [1.165, 1.54) is 11.5 Å². The normalized spacial score (nSPS) is 23.6. The summed E-state index contributed by atoms with van der Waals surface area (Å²) in [7, 11) is 1.59. The van der Waals surface area contributed by atoms with E-state index >= 15 is 0 Å². The van der Waals surface area contributed by atoms with E-state index in [-0.39, 0.29) is 5.91 Å². The van der Waals surface area contributed by atoms with Crippen LogP contribution in [0.4, 0.5) is 10.8 Å². The summed E-state index contributed by atoms with van der Waals surface area (Å²) in [6.45, 7) is 2.22. The largest absolute Gasteiger partial charge is 0.382 e. The van der Waals surface area contributed by atoms with Gasteiger partial charge in [-0.25, -0.2) is 0 Å². The summed E-state index contributed by atoms with van der Waals surface area (Å²) in [4.78, 5) is 11.6. The SMILES string of the molecule is CNC(=O)c1c(N)nsc1NC1CC(C)C1. The molecule has 1 aliphatic carbocycles. The van der Waals surface area contributed by atoms with Crippen molar-refractivity contribution in [2.24, 2.45) is 5.92 Å². The zero-order valence-electron chi connectivity index (χ0n) is 9.41. The van der Waals surface area contributed by atoms with Crippen molar-refractivity contribution < 1.29 is 4.79 Å². The Hall–Kier alpha value is -1.30. The minimum absolute atomic E-state index is 0.180. The molecule has 0 aromatic carbocycles. The Labute approximate surface area is 98.6 Å². The Morgan fingerprint density at radius 1 is 1.56 bits per heavy atom. The van der Waals surface area contributed by atoms with Gasteiger partial charge in [-0.3, -0.25) is 4.79 Å². The van der Waals surface area contributed by atoms with Crippen molar-refractivity contribution >= 4 is 28.3 Å². The highest BCUT2D eigenvalue weighted by atomic mass is 32.1. The zero-order valence-corrected chi connectivity index (χ0v) is 10.2. The van der Waals surface area contributed by atoms with Gasteiger partial charge in [-0.05, 0) is 30.3 Å². The number of nitrogens with two attached hydrogens (primary N) is 1. The molecule has 0 bridgehead atoms. The second-order valence-corrected chi connectivity index (χ2v) is 5.04. The van der Waals surface area contributed by atoms with E-state index in [1.807, 2.05) is 0 Å². The van der Waals surface area contributed by atoms with Crippen LogP contribution in [0.3, 0.4) is 0 Å². The van der Waals surface area contributed by atoms with Crippen molar-refractivity contribution in [1.82, 2.24) is 9.69 Å². The third-order valence-electron chi connectivity index (χ3n) is 2.88. The van der Waals surface area contributed by atoms with Crippen molar-refractivity contribution in [3.63, 3.8) is 0 Å². The molecule has 1 amide bonds. The number of nitrogen functional groups attached to an aromatic ring is 1. The molecule has 1 heterocycles. The van der Waals surface area contributed by atoms with E-state index in [4.69, 9.17) is 5.73 Å². The van der Waals surface area contributed by atoms with Gasteiger partial charge in [0.1, 0.15) is 10.6 Å². The number of carbonyl (C=O) groups excluding carboxylic acids is 1. The van der Waals surface area contributed by atoms with E-state index < -0.39 is 0 Å². The first-order valence-corrected chi connectivity index (χ1v) is 6.13. The highest BCUT2D eigenvalue weighted by Gasteiger charge is 2.28. The monoisotopic (exact) mass is 240 g/mol. The molecular weight excluding hydrogens is 224 g/mol. The zero-order chi connectivity index (χ0) is 11.7. The quantitative estimate of drug-likeness (QED) is 0.744. The van der Waals surface area contributed by atoms with Crippen LogP contribution in [0.2, 0.25) is 0 Å². The van der Waals surface area contributed by atoms with Gasteiger partial charge in [0.05, 0.1) is 0 Å². The van der Waals surface area contributed by atoms with Crippen LogP contribution in [0.1, 0.15) is 30.1 Å². The van der Waals surface area contributed by atoms with Gasteiger partial charge in [0.15, 0.2) is 5.82 Å². The molecule has 1 aromatic heterocycles. The van der Waals surface area contributed by atoms with Crippen LogP contribution in [-0.4, -0.2) is 23.4 Å². The Morgan fingerprint density at radius 3 is 2.81 bits per heavy atom. The van der Waals surface area contributed by atoms with E-state index in [0.717, 1.165) is 23.8 Å². The fraction of sp³-hybridized carbons (Fsp3) is 0.600. The Balaban J connectivity index is 2.11. The van der Waals surface area contributed by atoms with Crippen molar-refractivity contribution in [1.29, 1.82) is 0 Å². The minimum Gasteiger partial charge on any atom is -0.382 e. The topological polar surface area (TPSA) is 80.0 Å². The van der Waals surface area contributed by atoms with Crippen LogP contribution in [0.15, 0.2) is 0 Å². The molecule has 6 heteroatoms.